The number of para-hydroxylation sites is 2. The third-order valence-electron chi connectivity index (χ3n) is 12.2. The van der Waals surface area contributed by atoms with Crippen molar-refractivity contribution >= 4 is 51.0 Å². The molecule has 0 radical (unpaired) electrons. The fourth-order valence-electron chi connectivity index (χ4n) is 9.11. The van der Waals surface area contributed by atoms with Gasteiger partial charge in [-0.25, -0.2) is 4.98 Å². The zero-order valence-corrected chi connectivity index (χ0v) is 37.7. The molecule has 0 amide bonds. The molecule has 11 rings (SSSR count). The van der Waals surface area contributed by atoms with Crippen LogP contribution in [0.1, 0.15) is 26.3 Å². The maximum atomic E-state index is 6.77. The molecule has 0 bridgehead atoms. The van der Waals surface area contributed by atoms with E-state index in [2.05, 4.69) is 230 Å². The topological polar surface area (TPSA) is 36.8 Å². The molecule has 8 heteroatoms. The van der Waals surface area contributed by atoms with Gasteiger partial charge in [0.05, 0.1) is 5.82 Å². The van der Waals surface area contributed by atoms with Crippen LogP contribution >= 0.6 is 0 Å². The molecule has 2 aliphatic heterocycles. The van der Waals surface area contributed by atoms with Crippen LogP contribution in [0.15, 0.2) is 188 Å². The number of nitrogens with zero attached hydrogens (tertiary/aromatic N) is 5. The van der Waals surface area contributed by atoms with Crippen molar-refractivity contribution in [2.75, 3.05) is 16.8 Å². The van der Waals surface area contributed by atoms with Crippen molar-refractivity contribution in [2.45, 2.75) is 26.2 Å². The van der Waals surface area contributed by atoms with Crippen LogP contribution in [0.3, 0.4) is 0 Å². The van der Waals surface area contributed by atoms with Crippen molar-refractivity contribution in [3.63, 3.8) is 0 Å². The van der Waals surface area contributed by atoms with E-state index in [1.165, 1.54) is 11.0 Å². The van der Waals surface area contributed by atoms with Crippen LogP contribution in [0.2, 0.25) is 0 Å². The number of hydrogen-bond acceptors (Lipinski definition) is 5. The van der Waals surface area contributed by atoms with Gasteiger partial charge in [-0.2, -0.15) is 12.1 Å². The quantitative estimate of drug-likeness (QED) is 0.117. The molecule has 2 aromatic heterocycles. The van der Waals surface area contributed by atoms with Gasteiger partial charge < -0.3 is 23.9 Å². The molecule has 0 unspecified atom stereocenters. The monoisotopic (exact) mass is 995 g/mol. The van der Waals surface area contributed by atoms with Gasteiger partial charge in [-0.15, -0.1) is 47.5 Å². The summed E-state index contributed by atoms with van der Waals surface area (Å²) in [7, 11) is 2.18. The maximum Gasteiger partial charge on any atom is 0.254 e. The largest absolute Gasteiger partial charge is 0.509 e. The van der Waals surface area contributed by atoms with E-state index < -0.39 is 0 Å². The summed E-state index contributed by atoms with van der Waals surface area (Å²) in [5.74, 6) is 3.09. The number of ether oxygens (including phenoxy) is 1. The van der Waals surface area contributed by atoms with E-state index in [1.54, 1.807) is 0 Å². The third-order valence-corrected chi connectivity index (χ3v) is 12.2. The van der Waals surface area contributed by atoms with E-state index in [4.69, 9.17) is 9.72 Å². The first kappa shape index (κ1) is 40.3. The summed E-state index contributed by atoms with van der Waals surface area (Å²) in [6.45, 7) is 8.82. The van der Waals surface area contributed by atoms with Gasteiger partial charge in [0.2, 0.25) is 0 Å². The molecule has 7 aromatic carbocycles. The number of anilines is 2. The molecule has 0 saturated carbocycles. The summed E-state index contributed by atoms with van der Waals surface area (Å²) in [6.07, 6.45) is 4.15. The standard InChI is InChI=1S/C55H43BN5O.Pt/c1-55(2,3)40-31-32-57-52(33-40)61-49-26-15-14-23-46(49)47-29-27-42(34-50(47)61)62-43-28-30-48-51(35-43)60-37-59(36-53(60)58(4)56(48)41-21-12-7-13-22-41)54-44(38-17-8-5-9-18-38)24-16-25-45(54)39-19-10-6-11-20-39;/h5-33,36-37H,1-4H3;/q-3;. The molecule has 310 valence electrons. The third kappa shape index (κ3) is 7.11. The number of rotatable bonds is 7. The fourth-order valence-corrected chi connectivity index (χ4v) is 9.11. The van der Waals surface area contributed by atoms with Gasteiger partial charge >= 0.3 is 0 Å². The van der Waals surface area contributed by atoms with E-state index >= 15 is 0 Å². The molecule has 6 nitrogen and oxygen atoms in total. The Labute approximate surface area is 384 Å². The summed E-state index contributed by atoms with van der Waals surface area (Å²) in [5.41, 5.74) is 12.1. The van der Waals surface area contributed by atoms with Crippen LogP contribution in [0.4, 0.5) is 11.4 Å². The Morgan fingerprint density at radius 1 is 0.651 bits per heavy atom. The SMILES string of the molecule is CN1B(c2ccccc2)c2ccc(Oc3[c-]c4c(cc3)c3ccccc3n4-c3cc(C(C)(C)C)ccn3)[c-]c2N2[CH-]N(c3c(-c4ccccc4)cccc3-c3ccccc3)C=C12.[Pt]. The second kappa shape index (κ2) is 16.1. The van der Waals surface area contributed by atoms with E-state index in [0.717, 1.165) is 72.5 Å². The number of benzene rings is 7. The normalized spacial score (nSPS) is 13.5. The van der Waals surface area contributed by atoms with Gasteiger partial charge in [0.15, 0.2) is 0 Å². The summed E-state index contributed by atoms with van der Waals surface area (Å²) < 4.78 is 8.97. The molecule has 0 fully saturated rings. The fraction of sp³-hybridized carbons (Fsp3) is 0.0909. The zero-order chi connectivity index (χ0) is 42.0. The Balaban J connectivity index is 0.00000471. The van der Waals surface area contributed by atoms with Gasteiger partial charge in [0.25, 0.3) is 6.85 Å². The minimum Gasteiger partial charge on any atom is -0.509 e. The zero-order valence-electron chi connectivity index (χ0n) is 35.4. The molecule has 63 heavy (non-hydrogen) atoms. The summed E-state index contributed by atoms with van der Waals surface area (Å²) in [4.78, 5) is 11.8. The number of hydrogen-bond donors (Lipinski definition) is 0. The first-order valence-corrected chi connectivity index (χ1v) is 21.1. The van der Waals surface area contributed by atoms with Crippen LogP contribution in [0, 0.1) is 18.8 Å². The molecule has 0 atom stereocenters. The Bertz CT molecular complexity index is 3110. The van der Waals surface area contributed by atoms with Gasteiger partial charge in [-0.1, -0.05) is 159 Å². The molecular weight excluding hydrogens is 953 g/mol. The van der Waals surface area contributed by atoms with E-state index in [9.17, 15) is 0 Å². The number of fused-ring (bicyclic) bond motifs is 6. The molecule has 2 aliphatic rings. The molecule has 4 heterocycles. The molecule has 0 saturated heterocycles. The van der Waals surface area contributed by atoms with E-state index in [-0.39, 0.29) is 33.3 Å². The Morgan fingerprint density at radius 2 is 1.29 bits per heavy atom. The van der Waals surface area contributed by atoms with E-state index in [1.807, 2.05) is 18.3 Å². The van der Waals surface area contributed by atoms with Gasteiger partial charge in [-0.05, 0) is 52.7 Å². The van der Waals surface area contributed by atoms with Crippen molar-refractivity contribution in [2.24, 2.45) is 0 Å². The Morgan fingerprint density at radius 3 is 1.98 bits per heavy atom. The van der Waals surface area contributed by atoms with Crippen molar-refractivity contribution < 1.29 is 25.8 Å². The van der Waals surface area contributed by atoms with Crippen molar-refractivity contribution in [3.05, 3.63) is 212 Å². The summed E-state index contributed by atoms with van der Waals surface area (Å²) >= 11 is 0. The van der Waals surface area contributed by atoms with Gasteiger partial charge in [-0.3, -0.25) is 0 Å². The van der Waals surface area contributed by atoms with E-state index in [0.29, 0.717) is 11.5 Å². The summed E-state index contributed by atoms with van der Waals surface area (Å²) in [6, 6.07) is 67.1. The van der Waals surface area contributed by atoms with Crippen LogP contribution < -0.4 is 25.5 Å². The van der Waals surface area contributed by atoms with Crippen LogP contribution in [-0.2, 0) is 26.5 Å². The van der Waals surface area contributed by atoms with Crippen LogP contribution in [-0.4, -0.2) is 28.3 Å². The van der Waals surface area contributed by atoms with Gasteiger partial charge in [0, 0.05) is 67.3 Å². The first-order chi connectivity index (χ1) is 30.3. The first-order valence-electron chi connectivity index (χ1n) is 21.1. The minimum atomic E-state index is -0.0553. The van der Waals surface area contributed by atoms with Crippen molar-refractivity contribution in [1.82, 2.24) is 14.4 Å². The van der Waals surface area contributed by atoms with Gasteiger partial charge in [0.1, 0.15) is 5.82 Å². The van der Waals surface area contributed by atoms with Crippen molar-refractivity contribution in [1.29, 1.82) is 0 Å². The molecule has 0 spiro atoms. The smallest absolute Gasteiger partial charge is 0.254 e. The van der Waals surface area contributed by atoms with Crippen molar-refractivity contribution in [3.8, 4) is 39.6 Å². The second-order valence-corrected chi connectivity index (χ2v) is 17.1. The van der Waals surface area contributed by atoms with Crippen LogP contribution in [0.5, 0.6) is 11.5 Å². The molecule has 0 N–H and O–H groups in total. The minimum absolute atomic E-state index is 0. The summed E-state index contributed by atoms with van der Waals surface area (Å²) in [5, 5.41) is 2.23. The average Bonchev–Trinajstić information content (AvgIpc) is 3.90. The predicted molar refractivity (Wildman–Crippen MR) is 255 cm³/mol. The average molecular weight is 996 g/mol. The second-order valence-electron chi connectivity index (χ2n) is 17.1. The molecule has 0 aliphatic carbocycles. The Kier molecular flexibility index (Phi) is 10.3. The molecular formula is C55H43BN5OPt-3. The van der Waals surface area contributed by atoms with Crippen LogP contribution in [0.25, 0.3) is 49.9 Å². The molecule has 9 aromatic rings. The predicted octanol–water partition coefficient (Wildman–Crippen LogP) is 11.5. The number of aromatic nitrogens is 2. The maximum absolute atomic E-state index is 6.77. The Hall–Kier alpha value is -6.82. The number of pyridine rings is 1.